The van der Waals surface area contributed by atoms with E-state index in [-0.39, 0.29) is 18.2 Å². The van der Waals surface area contributed by atoms with E-state index in [1.807, 2.05) is 24.3 Å². The Morgan fingerprint density at radius 1 is 1.21 bits per heavy atom. The summed E-state index contributed by atoms with van der Waals surface area (Å²) < 4.78 is 10.7. The van der Waals surface area contributed by atoms with Crippen LogP contribution in [0.15, 0.2) is 59.2 Å². The minimum atomic E-state index is -0.396. The lowest BCUT2D eigenvalue weighted by Gasteiger charge is -2.17. The Bertz CT molecular complexity index is 1070. The Hall–Kier alpha value is -3.58. The van der Waals surface area contributed by atoms with Gasteiger partial charge in [-0.15, -0.1) is 0 Å². The molecule has 148 valence electrons. The van der Waals surface area contributed by atoms with Gasteiger partial charge in [0, 0.05) is 35.1 Å². The Morgan fingerprint density at radius 2 is 2.03 bits per heavy atom. The number of amides is 2. The molecule has 0 aliphatic carbocycles. The minimum absolute atomic E-state index is 0.000804. The van der Waals surface area contributed by atoms with Crippen LogP contribution in [0.25, 0.3) is 0 Å². The second kappa shape index (κ2) is 7.81. The molecule has 3 aromatic rings. The summed E-state index contributed by atoms with van der Waals surface area (Å²) in [6.07, 6.45) is 1.82. The third kappa shape index (κ3) is 3.60. The number of methoxy groups -OCH3 is 1. The van der Waals surface area contributed by atoms with Gasteiger partial charge in [0.1, 0.15) is 5.75 Å². The number of benzene rings is 2. The number of carbonyl (C=O) groups is 2. The summed E-state index contributed by atoms with van der Waals surface area (Å²) in [5.41, 5.74) is 9.58. The molecule has 2 heterocycles. The molecule has 4 rings (SSSR count). The van der Waals surface area contributed by atoms with E-state index in [0.29, 0.717) is 30.0 Å². The topological polar surface area (TPSA) is 97.8 Å². The molecule has 7 nitrogen and oxygen atoms in total. The van der Waals surface area contributed by atoms with Crippen molar-refractivity contribution in [2.24, 2.45) is 5.73 Å². The Kier molecular flexibility index (Phi) is 5.05. The standard InChI is InChI=1S/C22H21N3O4/c1-28-19-11-17(7-6-15(19)12-23)24-22(27)21-16(8-9-29-21)13-25-18-5-3-2-4-14(18)10-20(25)26/h2-9,11H,10,12-13,23H2,1H3,(H,24,27). The minimum Gasteiger partial charge on any atom is -0.496 e. The average molecular weight is 391 g/mol. The zero-order chi connectivity index (χ0) is 20.4. The van der Waals surface area contributed by atoms with Gasteiger partial charge >= 0.3 is 0 Å². The first kappa shape index (κ1) is 18.8. The van der Waals surface area contributed by atoms with E-state index >= 15 is 0 Å². The summed E-state index contributed by atoms with van der Waals surface area (Å²) >= 11 is 0. The molecule has 0 radical (unpaired) electrons. The van der Waals surface area contributed by atoms with Crippen molar-refractivity contribution >= 4 is 23.2 Å². The van der Waals surface area contributed by atoms with Gasteiger partial charge < -0.3 is 25.1 Å². The first-order valence-electron chi connectivity index (χ1n) is 9.23. The highest BCUT2D eigenvalue weighted by Crippen LogP contribution is 2.31. The molecule has 0 saturated carbocycles. The van der Waals surface area contributed by atoms with Crippen LogP contribution < -0.4 is 20.7 Å². The van der Waals surface area contributed by atoms with Gasteiger partial charge in [-0.05, 0) is 23.8 Å². The van der Waals surface area contributed by atoms with Crippen molar-refractivity contribution in [3.8, 4) is 5.75 Å². The van der Waals surface area contributed by atoms with Crippen molar-refractivity contribution in [1.29, 1.82) is 0 Å². The van der Waals surface area contributed by atoms with Crippen LogP contribution in [0.1, 0.15) is 27.2 Å². The summed E-state index contributed by atoms with van der Waals surface area (Å²) in [5, 5.41) is 2.81. The molecule has 2 amide bonds. The van der Waals surface area contributed by atoms with Crippen molar-refractivity contribution in [2.45, 2.75) is 19.5 Å². The predicted molar refractivity (Wildman–Crippen MR) is 109 cm³/mol. The Labute approximate surface area is 168 Å². The maximum Gasteiger partial charge on any atom is 0.291 e. The first-order valence-corrected chi connectivity index (χ1v) is 9.23. The quantitative estimate of drug-likeness (QED) is 0.673. The molecule has 3 N–H and O–H groups in total. The van der Waals surface area contributed by atoms with E-state index in [1.54, 1.807) is 36.3 Å². The molecule has 29 heavy (non-hydrogen) atoms. The summed E-state index contributed by atoms with van der Waals surface area (Å²) in [7, 11) is 1.55. The first-order chi connectivity index (χ1) is 14.1. The van der Waals surface area contributed by atoms with Crippen molar-refractivity contribution in [3.05, 3.63) is 77.2 Å². The molecule has 1 aliphatic heterocycles. The fraction of sp³-hybridized carbons (Fsp3) is 0.182. The maximum absolute atomic E-state index is 12.8. The predicted octanol–water partition coefficient (Wildman–Crippen LogP) is 3.09. The molecule has 0 fully saturated rings. The van der Waals surface area contributed by atoms with Crippen LogP contribution in [0.5, 0.6) is 5.75 Å². The number of hydrogen-bond donors (Lipinski definition) is 2. The number of rotatable bonds is 6. The third-order valence-electron chi connectivity index (χ3n) is 4.97. The van der Waals surface area contributed by atoms with Crippen molar-refractivity contribution in [3.63, 3.8) is 0 Å². The van der Waals surface area contributed by atoms with Crippen molar-refractivity contribution in [1.82, 2.24) is 0 Å². The summed E-state index contributed by atoms with van der Waals surface area (Å²) in [5.74, 6) is 0.377. The number of fused-ring (bicyclic) bond motifs is 1. The summed E-state index contributed by atoms with van der Waals surface area (Å²) in [4.78, 5) is 26.9. The van der Waals surface area contributed by atoms with Gasteiger partial charge in [-0.25, -0.2) is 0 Å². The number of nitrogens with one attached hydrogen (secondary N) is 1. The number of nitrogens with zero attached hydrogens (tertiary/aromatic N) is 1. The van der Waals surface area contributed by atoms with E-state index in [0.717, 1.165) is 16.8 Å². The van der Waals surface area contributed by atoms with Crippen molar-refractivity contribution in [2.75, 3.05) is 17.3 Å². The zero-order valence-electron chi connectivity index (χ0n) is 16.0. The highest BCUT2D eigenvalue weighted by molar-refractivity contribution is 6.04. The van der Waals surface area contributed by atoms with E-state index in [4.69, 9.17) is 14.9 Å². The number of hydrogen-bond acceptors (Lipinski definition) is 5. The molecule has 1 aliphatic rings. The van der Waals surface area contributed by atoms with Crippen LogP contribution in [0.4, 0.5) is 11.4 Å². The number of furan rings is 1. The van der Waals surface area contributed by atoms with E-state index in [9.17, 15) is 9.59 Å². The fourth-order valence-corrected chi connectivity index (χ4v) is 3.50. The maximum atomic E-state index is 12.8. The van der Waals surface area contributed by atoms with Gasteiger partial charge in [0.2, 0.25) is 5.91 Å². The van der Waals surface area contributed by atoms with Crippen LogP contribution >= 0.6 is 0 Å². The van der Waals surface area contributed by atoms with E-state index in [2.05, 4.69) is 5.32 Å². The van der Waals surface area contributed by atoms with Crippen LogP contribution in [-0.4, -0.2) is 18.9 Å². The number of para-hydroxylation sites is 1. The van der Waals surface area contributed by atoms with Gasteiger partial charge in [0.15, 0.2) is 5.76 Å². The number of ether oxygens (including phenoxy) is 1. The second-order valence-corrected chi connectivity index (χ2v) is 6.75. The molecule has 0 unspecified atom stereocenters. The number of nitrogens with two attached hydrogens (primary N) is 1. The van der Waals surface area contributed by atoms with Crippen LogP contribution in [0.2, 0.25) is 0 Å². The van der Waals surface area contributed by atoms with Crippen LogP contribution in [-0.2, 0) is 24.3 Å². The van der Waals surface area contributed by atoms with Crippen LogP contribution in [0, 0.1) is 0 Å². The summed E-state index contributed by atoms with van der Waals surface area (Å²) in [6.45, 7) is 0.607. The molecule has 0 atom stereocenters. The van der Waals surface area contributed by atoms with Gasteiger partial charge in [0.25, 0.3) is 5.91 Å². The smallest absolute Gasteiger partial charge is 0.291 e. The number of carbonyl (C=O) groups excluding carboxylic acids is 2. The van der Waals surface area contributed by atoms with Gasteiger partial charge in [-0.1, -0.05) is 24.3 Å². The molecule has 7 heteroatoms. The fourth-order valence-electron chi connectivity index (χ4n) is 3.50. The lowest BCUT2D eigenvalue weighted by molar-refractivity contribution is -0.117. The molecule has 0 saturated heterocycles. The van der Waals surface area contributed by atoms with Gasteiger partial charge in [-0.2, -0.15) is 0 Å². The zero-order valence-corrected chi connectivity index (χ0v) is 16.0. The molecule has 1 aromatic heterocycles. The van der Waals surface area contributed by atoms with Crippen LogP contribution in [0.3, 0.4) is 0 Å². The molecule has 2 aromatic carbocycles. The third-order valence-corrected chi connectivity index (χ3v) is 4.97. The highest BCUT2D eigenvalue weighted by atomic mass is 16.5. The van der Waals surface area contributed by atoms with E-state index < -0.39 is 5.91 Å². The average Bonchev–Trinajstić information content (AvgIpc) is 3.32. The van der Waals surface area contributed by atoms with Gasteiger partial charge in [0.05, 0.1) is 26.3 Å². The SMILES string of the molecule is COc1cc(NC(=O)c2occc2CN2C(=O)Cc3ccccc32)ccc1CN. The lowest BCUT2D eigenvalue weighted by Crippen LogP contribution is -2.27. The number of anilines is 2. The Balaban J connectivity index is 1.54. The molecule has 0 bridgehead atoms. The summed E-state index contributed by atoms with van der Waals surface area (Å²) in [6, 6.07) is 14.6. The monoisotopic (exact) mass is 391 g/mol. The molecule has 0 spiro atoms. The normalized spacial score (nSPS) is 12.8. The van der Waals surface area contributed by atoms with Gasteiger partial charge in [-0.3, -0.25) is 9.59 Å². The second-order valence-electron chi connectivity index (χ2n) is 6.75. The highest BCUT2D eigenvalue weighted by Gasteiger charge is 2.28. The largest absolute Gasteiger partial charge is 0.496 e. The lowest BCUT2D eigenvalue weighted by atomic mass is 10.1. The van der Waals surface area contributed by atoms with E-state index in [1.165, 1.54) is 6.26 Å². The van der Waals surface area contributed by atoms with Crippen molar-refractivity contribution < 1.29 is 18.7 Å². The Morgan fingerprint density at radius 3 is 2.83 bits per heavy atom. The molecular weight excluding hydrogens is 370 g/mol. The molecular formula is C22H21N3O4.